The van der Waals surface area contributed by atoms with E-state index in [0.29, 0.717) is 11.0 Å². The van der Waals surface area contributed by atoms with Crippen molar-refractivity contribution in [2.75, 3.05) is 0 Å². The van der Waals surface area contributed by atoms with Gasteiger partial charge in [0.05, 0.1) is 26.3 Å². The minimum Gasteiger partial charge on any atom is -0.399 e. The van der Waals surface area contributed by atoms with Crippen molar-refractivity contribution in [1.82, 2.24) is 0 Å². The SMILES string of the molecule is [2H]c1c([2H])c([2H])c(Cc2c([2H])c([2H])c(-c3cccc(B4OC(C)(C)C(C)(C)O4)c3)c3c([2H])c([2H])c([2H])c([2H])c23)c([2H])c1[2H]. The predicted molar refractivity (Wildman–Crippen MR) is 134 cm³/mol. The normalized spacial score (nSPS) is 21.9. The Morgan fingerprint density at radius 2 is 1.44 bits per heavy atom. The Morgan fingerprint density at radius 3 is 2.16 bits per heavy atom. The van der Waals surface area contributed by atoms with Crippen molar-refractivity contribution < 1.29 is 24.4 Å². The lowest BCUT2D eigenvalue weighted by molar-refractivity contribution is 0.00578. The highest BCUT2D eigenvalue weighted by Gasteiger charge is 2.51. The molecule has 0 saturated carbocycles. The van der Waals surface area contributed by atoms with Gasteiger partial charge in [0.15, 0.2) is 0 Å². The molecule has 1 heterocycles. The van der Waals surface area contributed by atoms with Crippen LogP contribution < -0.4 is 5.46 Å². The standard InChI is InChI=1S/C29H29BO2/c1-28(2)29(3,4)32-30(31-28)24-14-10-13-22(20-24)26-18-17-23(19-21-11-6-5-7-12-21)25-15-8-9-16-27(25)26/h5-18,20H,19H2,1-4H3/i5D,6D,7D,8D,9D,11D,12D,15D,16D,17D,18D. The third kappa shape index (κ3) is 3.76. The molecule has 1 fully saturated rings. The molecule has 5 rings (SSSR count). The summed E-state index contributed by atoms with van der Waals surface area (Å²) >= 11 is 0. The van der Waals surface area contributed by atoms with Gasteiger partial charge in [-0.05, 0) is 72.6 Å². The molecule has 3 heteroatoms. The molecule has 1 aliphatic heterocycles. The molecule has 160 valence electrons. The average molecular weight is 431 g/mol. The summed E-state index contributed by atoms with van der Waals surface area (Å²) in [5, 5.41) is -0.0460. The van der Waals surface area contributed by atoms with E-state index in [0.717, 1.165) is 0 Å². The monoisotopic (exact) mass is 431 g/mol. The molecule has 4 aromatic rings. The van der Waals surface area contributed by atoms with Crippen LogP contribution in [0.25, 0.3) is 21.9 Å². The summed E-state index contributed by atoms with van der Waals surface area (Å²) in [6.45, 7) is 7.68. The topological polar surface area (TPSA) is 18.5 Å². The zero-order valence-corrected chi connectivity index (χ0v) is 18.4. The van der Waals surface area contributed by atoms with Gasteiger partial charge in [-0.25, -0.2) is 0 Å². The first-order valence-electron chi connectivity index (χ1n) is 15.9. The third-order valence-corrected chi connectivity index (χ3v) is 6.18. The van der Waals surface area contributed by atoms with E-state index in [-0.39, 0.29) is 39.5 Å². The lowest BCUT2D eigenvalue weighted by Gasteiger charge is -2.32. The first-order chi connectivity index (χ1) is 19.9. The fraction of sp³-hybridized carbons (Fsp3) is 0.241. The molecule has 0 amide bonds. The van der Waals surface area contributed by atoms with Crippen molar-refractivity contribution in [1.29, 1.82) is 0 Å². The Hall–Kier alpha value is -2.88. The van der Waals surface area contributed by atoms with E-state index in [4.69, 9.17) is 24.4 Å². The maximum atomic E-state index is 9.04. The minimum absolute atomic E-state index is 0.000403. The summed E-state index contributed by atoms with van der Waals surface area (Å²) in [6, 6.07) is 1.61. The Labute approximate surface area is 206 Å². The summed E-state index contributed by atoms with van der Waals surface area (Å²) in [5.74, 6) is 0. The first kappa shape index (κ1) is 11.8. The van der Waals surface area contributed by atoms with Gasteiger partial charge in [0.1, 0.15) is 0 Å². The highest BCUT2D eigenvalue weighted by atomic mass is 16.7. The molecule has 1 aliphatic rings. The number of rotatable bonds is 4. The molecule has 32 heavy (non-hydrogen) atoms. The summed E-state index contributed by atoms with van der Waals surface area (Å²) < 4.78 is 105. The highest BCUT2D eigenvalue weighted by Crippen LogP contribution is 2.37. The fourth-order valence-corrected chi connectivity index (χ4v) is 3.70. The Kier molecular flexibility index (Phi) is 2.93. The van der Waals surface area contributed by atoms with Crippen molar-refractivity contribution >= 4 is 23.4 Å². The molecule has 0 N–H and O–H groups in total. The van der Waals surface area contributed by atoms with E-state index in [9.17, 15) is 0 Å². The van der Waals surface area contributed by atoms with Crippen LogP contribution in [0, 0.1) is 0 Å². The number of hydrogen-bond donors (Lipinski definition) is 0. The molecular weight excluding hydrogens is 391 g/mol. The van der Waals surface area contributed by atoms with Crippen LogP contribution in [0.3, 0.4) is 0 Å². The number of fused-ring (bicyclic) bond motifs is 1. The van der Waals surface area contributed by atoms with Gasteiger partial charge >= 0.3 is 7.12 Å². The summed E-state index contributed by atoms with van der Waals surface area (Å²) in [6.07, 6.45) is -0.409. The van der Waals surface area contributed by atoms with E-state index in [1.54, 1.807) is 24.3 Å². The zero-order valence-electron chi connectivity index (χ0n) is 29.4. The second kappa shape index (κ2) is 7.92. The zero-order chi connectivity index (χ0) is 31.9. The largest absolute Gasteiger partial charge is 0.494 e. The second-order valence-corrected chi connectivity index (χ2v) is 8.85. The molecule has 4 aromatic carbocycles. The van der Waals surface area contributed by atoms with Gasteiger partial charge in [-0.1, -0.05) is 90.7 Å². The molecule has 1 saturated heterocycles. The molecule has 0 aromatic heterocycles. The van der Waals surface area contributed by atoms with E-state index in [2.05, 4.69) is 0 Å². The predicted octanol–water partition coefficient (Wildman–Crippen LogP) is 6.40. The number of benzene rings is 4. The van der Waals surface area contributed by atoms with Gasteiger partial charge in [-0.15, -0.1) is 0 Å². The molecular formula is C29H29BO2. The molecule has 2 nitrogen and oxygen atoms in total. The average Bonchev–Trinajstić information content (AvgIpc) is 3.19. The van der Waals surface area contributed by atoms with Crippen LogP contribution in [-0.4, -0.2) is 18.3 Å². The molecule has 0 radical (unpaired) electrons. The Bertz CT molecular complexity index is 1790. The van der Waals surface area contributed by atoms with Crippen molar-refractivity contribution in [3.8, 4) is 11.1 Å². The Balaban J connectivity index is 1.80. The lowest BCUT2D eigenvalue weighted by Crippen LogP contribution is -2.41. The van der Waals surface area contributed by atoms with Crippen LogP contribution in [0.1, 0.15) is 53.9 Å². The van der Waals surface area contributed by atoms with Gasteiger partial charge < -0.3 is 9.31 Å². The first-order valence-corrected chi connectivity index (χ1v) is 10.4. The third-order valence-electron chi connectivity index (χ3n) is 6.18. The van der Waals surface area contributed by atoms with Crippen molar-refractivity contribution in [2.24, 2.45) is 0 Å². The smallest absolute Gasteiger partial charge is 0.399 e. The second-order valence-electron chi connectivity index (χ2n) is 8.85. The molecule has 0 spiro atoms. The van der Waals surface area contributed by atoms with Crippen LogP contribution in [0.2, 0.25) is 0 Å². The summed E-state index contributed by atoms with van der Waals surface area (Å²) in [4.78, 5) is 0. The highest BCUT2D eigenvalue weighted by molar-refractivity contribution is 6.62. The van der Waals surface area contributed by atoms with Gasteiger partial charge in [0.25, 0.3) is 0 Å². The Morgan fingerprint density at radius 1 is 0.781 bits per heavy atom. The van der Waals surface area contributed by atoms with Gasteiger partial charge in [-0.3, -0.25) is 0 Å². The fourth-order valence-electron chi connectivity index (χ4n) is 3.70. The van der Waals surface area contributed by atoms with Crippen LogP contribution in [0.5, 0.6) is 0 Å². The molecule has 0 aliphatic carbocycles. The summed E-state index contributed by atoms with van der Waals surface area (Å²) in [7, 11) is -0.738. The van der Waals surface area contributed by atoms with Crippen molar-refractivity contribution in [2.45, 2.75) is 45.3 Å². The van der Waals surface area contributed by atoms with Crippen LogP contribution in [0.4, 0.5) is 0 Å². The maximum absolute atomic E-state index is 9.04. The van der Waals surface area contributed by atoms with E-state index >= 15 is 0 Å². The lowest BCUT2D eigenvalue weighted by atomic mass is 9.77. The van der Waals surface area contributed by atoms with E-state index < -0.39 is 79.1 Å². The maximum Gasteiger partial charge on any atom is 0.494 e. The van der Waals surface area contributed by atoms with Gasteiger partial charge in [0, 0.05) is 0 Å². The quantitative estimate of drug-likeness (QED) is 0.348. The van der Waals surface area contributed by atoms with Crippen LogP contribution in [-0.2, 0) is 15.7 Å². The summed E-state index contributed by atoms with van der Waals surface area (Å²) in [5.41, 5.74) is -0.247. The molecule has 0 atom stereocenters. The van der Waals surface area contributed by atoms with Crippen LogP contribution in [0.15, 0.2) is 90.7 Å². The van der Waals surface area contributed by atoms with Gasteiger partial charge in [0.2, 0.25) is 0 Å². The van der Waals surface area contributed by atoms with Crippen molar-refractivity contribution in [3.63, 3.8) is 0 Å². The van der Waals surface area contributed by atoms with Crippen LogP contribution >= 0.6 is 0 Å². The molecule has 0 unspecified atom stereocenters. The molecule has 0 bridgehead atoms. The number of hydrogen-bond acceptors (Lipinski definition) is 2. The van der Waals surface area contributed by atoms with E-state index in [1.807, 2.05) is 27.7 Å². The minimum atomic E-state index is -0.738. The van der Waals surface area contributed by atoms with E-state index in [1.165, 1.54) is 0 Å². The van der Waals surface area contributed by atoms with Gasteiger partial charge in [-0.2, -0.15) is 0 Å². The van der Waals surface area contributed by atoms with Crippen molar-refractivity contribution in [3.05, 3.63) is 102 Å².